The fourth-order valence-corrected chi connectivity index (χ4v) is 1.98. The Labute approximate surface area is 98.8 Å². The molecule has 1 rings (SSSR count). The summed E-state index contributed by atoms with van der Waals surface area (Å²) in [6, 6.07) is 0. The molecule has 11 heteroatoms. The van der Waals surface area contributed by atoms with E-state index in [1.807, 2.05) is 0 Å². The van der Waals surface area contributed by atoms with Crippen LogP contribution in [0.4, 0.5) is 13.2 Å². The Hall–Kier alpha value is -0.870. The summed E-state index contributed by atoms with van der Waals surface area (Å²) < 4.78 is 64.3. The highest BCUT2D eigenvalue weighted by molar-refractivity contribution is 8.13. The molecular weight excluding hydrogens is 287 g/mol. The zero-order chi connectivity index (χ0) is 13.3. The molecule has 0 spiro atoms. The summed E-state index contributed by atoms with van der Waals surface area (Å²) >= 11 is 0. The first kappa shape index (κ1) is 14.2. The lowest BCUT2D eigenvalue weighted by atomic mass is 10.5. The van der Waals surface area contributed by atoms with Crippen LogP contribution in [0.15, 0.2) is 5.16 Å². The molecule has 0 aliphatic carbocycles. The molecule has 1 heterocycles. The number of methoxy groups -OCH3 is 1. The molecule has 1 aromatic heterocycles. The van der Waals surface area contributed by atoms with E-state index in [-0.39, 0.29) is 13.2 Å². The lowest BCUT2D eigenvalue weighted by Crippen LogP contribution is -2.19. The minimum absolute atomic E-state index is 0.138. The minimum atomic E-state index is -4.82. The van der Waals surface area contributed by atoms with Gasteiger partial charge in [0.05, 0.1) is 13.2 Å². The van der Waals surface area contributed by atoms with Crippen molar-refractivity contribution in [1.29, 1.82) is 0 Å². The highest BCUT2D eigenvalue weighted by atomic mass is 35.7. The zero-order valence-corrected chi connectivity index (χ0v) is 9.97. The highest BCUT2D eigenvalue weighted by Gasteiger charge is 2.40. The Kier molecular flexibility index (Phi) is 3.99. The van der Waals surface area contributed by atoms with Crippen molar-refractivity contribution in [2.75, 3.05) is 13.7 Å². The van der Waals surface area contributed by atoms with E-state index in [0.29, 0.717) is 4.57 Å². The standard InChI is InChI=1S/C6H7ClF3N3O3S/c1-16-3-2-13-4(6(8,9)10)11-12-5(13)17(7,14)15/h2-3H2,1H3. The fraction of sp³-hybridized carbons (Fsp3) is 0.667. The quantitative estimate of drug-likeness (QED) is 0.770. The molecule has 0 bridgehead atoms. The van der Waals surface area contributed by atoms with E-state index in [9.17, 15) is 21.6 Å². The van der Waals surface area contributed by atoms with Gasteiger partial charge in [0.1, 0.15) is 0 Å². The van der Waals surface area contributed by atoms with Crippen LogP contribution in [0.25, 0.3) is 0 Å². The van der Waals surface area contributed by atoms with E-state index < -0.39 is 26.2 Å². The third-order valence-corrected chi connectivity index (χ3v) is 2.86. The first-order valence-electron chi connectivity index (χ1n) is 4.12. The Balaban J connectivity index is 3.30. The number of ether oxygens (including phenoxy) is 1. The molecule has 0 amide bonds. The van der Waals surface area contributed by atoms with Gasteiger partial charge in [-0.1, -0.05) is 0 Å². The van der Waals surface area contributed by atoms with Gasteiger partial charge >= 0.3 is 6.18 Å². The smallest absolute Gasteiger partial charge is 0.383 e. The van der Waals surface area contributed by atoms with Crippen LogP contribution in [0.5, 0.6) is 0 Å². The summed E-state index contributed by atoms with van der Waals surface area (Å²) in [5, 5.41) is 4.74. The van der Waals surface area contributed by atoms with Gasteiger partial charge in [-0.15, -0.1) is 10.2 Å². The summed E-state index contributed by atoms with van der Waals surface area (Å²) in [5.74, 6) is -1.44. The van der Waals surface area contributed by atoms with Gasteiger partial charge in [-0.3, -0.25) is 4.57 Å². The number of hydrogen-bond donors (Lipinski definition) is 0. The SMILES string of the molecule is COCCn1c(C(F)(F)F)nnc1S(=O)(=O)Cl. The number of alkyl halides is 3. The van der Waals surface area contributed by atoms with Crippen molar-refractivity contribution in [3.63, 3.8) is 0 Å². The average Bonchev–Trinajstić information content (AvgIpc) is 2.56. The number of hydrogen-bond acceptors (Lipinski definition) is 5. The maximum atomic E-state index is 12.5. The van der Waals surface area contributed by atoms with Crippen molar-refractivity contribution in [2.24, 2.45) is 0 Å². The second kappa shape index (κ2) is 4.78. The topological polar surface area (TPSA) is 74.1 Å². The van der Waals surface area contributed by atoms with Gasteiger partial charge < -0.3 is 4.74 Å². The Morgan fingerprint density at radius 1 is 1.41 bits per heavy atom. The second-order valence-corrected chi connectivity index (χ2v) is 5.35. The first-order valence-corrected chi connectivity index (χ1v) is 6.43. The summed E-state index contributed by atoms with van der Waals surface area (Å²) in [4.78, 5) is 0. The molecule has 0 radical (unpaired) electrons. The normalized spacial score (nSPS) is 13.0. The van der Waals surface area contributed by atoms with Gasteiger partial charge in [-0.25, -0.2) is 8.42 Å². The molecule has 0 aromatic carbocycles. The van der Waals surface area contributed by atoms with Gasteiger partial charge in [-0.05, 0) is 0 Å². The summed E-state index contributed by atoms with van der Waals surface area (Å²) in [5.41, 5.74) is 0. The Bertz CT molecular complexity index is 498. The lowest BCUT2D eigenvalue weighted by molar-refractivity contribution is -0.148. The molecule has 0 N–H and O–H groups in total. The van der Waals surface area contributed by atoms with E-state index in [1.165, 1.54) is 7.11 Å². The van der Waals surface area contributed by atoms with Gasteiger partial charge in [0.25, 0.3) is 14.2 Å². The van der Waals surface area contributed by atoms with E-state index >= 15 is 0 Å². The molecule has 6 nitrogen and oxygen atoms in total. The molecule has 17 heavy (non-hydrogen) atoms. The fourth-order valence-electron chi connectivity index (χ4n) is 1.06. The number of halogens is 4. The molecule has 0 unspecified atom stereocenters. The molecule has 98 valence electrons. The Morgan fingerprint density at radius 3 is 2.41 bits per heavy atom. The molecular formula is C6H7ClF3N3O3S. The molecule has 0 fully saturated rings. The Morgan fingerprint density at radius 2 is 2.00 bits per heavy atom. The average molecular weight is 294 g/mol. The van der Waals surface area contributed by atoms with Crippen LogP contribution in [-0.2, 0) is 26.5 Å². The largest absolute Gasteiger partial charge is 0.451 e. The maximum absolute atomic E-state index is 12.5. The molecule has 0 aliphatic heterocycles. The van der Waals surface area contributed by atoms with Crippen LogP contribution < -0.4 is 0 Å². The predicted octanol–water partition coefficient (Wildman–Crippen LogP) is 0.871. The molecule has 1 aromatic rings. The van der Waals surface area contributed by atoms with Crippen molar-refractivity contribution in [2.45, 2.75) is 17.9 Å². The molecule has 0 saturated heterocycles. The van der Waals surface area contributed by atoms with Gasteiger partial charge in [0, 0.05) is 17.8 Å². The summed E-state index contributed by atoms with van der Waals surface area (Å²) in [7, 11) is 1.81. The number of aromatic nitrogens is 3. The van der Waals surface area contributed by atoms with E-state index in [0.717, 1.165) is 0 Å². The first-order chi connectivity index (χ1) is 7.68. The minimum Gasteiger partial charge on any atom is -0.383 e. The van der Waals surface area contributed by atoms with Crippen LogP contribution in [0.1, 0.15) is 5.82 Å². The zero-order valence-electron chi connectivity index (χ0n) is 8.40. The maximum Gasteiger partial charge on any atom is 0.451 e. The third-order valence-electron chi connectivity index (χ3n) is 1.71. The van der Waals surface area contributed by atoms with E-state index in [4.69, 9.17) is 10.7 Å². The van der Waals surface area contributed by atoms with Crippen LogP contribution >= 0.6 is 10.7 Å². The molecule has 0 atom stereocenters. The van der Waals surface area contributed by atoms with Crippen LogP contribution in [0, 0.1) is 0 Å². The van der Waals surface area contributed by atoms with Crippen LogP contribution in [-0.4, -0.2) is 36.9 Å². The number of nitrogens with zero attached hydrogens (tertiary/aromatic N) is 3. The van der Waals surface area contributed by atoms with Crippen molar-refractivity contribution in [3.05, 3.63) is 5.82 Å². The van der Waals surface area contributed by atoms with Gasteiger partial charge in [0.15, 0.2) is 0 Å². The third kappa shape index (κ3) is 3.30. The van der Waals surface area contributed by atoms with Crippen molar-refractivity contribution in [3.8, 4) is 0 Å². The van der Waals surface area contributed by atoms with Crippen molar-refractivity contribution < 1.29 is 26.3 Å². The van der Waals surface area contributed by atoms with Gasteiger partial charge in [0.2, 0.25) is 5.82 Å². The lowest BCUT2D eigenvalue weighted by Gasteiger charge is -2.09. The van der Waals surface area contributed by atoms with Gasteiger partial charge in [-0.2, -0.15) is 13.2 Å². The predicted molar refractivity (Wildman–Crippen MR) is 49.9 cm³/mol. The molecule has 0 saturated carbocycles. The van der Waals surface area contributed by atoms with Crippen molar-refractivity contribution >= 4 is 19.7 Å². The van der Waals surface area contributed by atoms with Crippen LogP contribution in [0.2, 0.25) is 0 Å². The van der Waals surface area contributed by atoms with E-state index in [1.54, 1.807) is 0 Å². The second-order valence-electron chi connectivity index (χ2n) is 2.89. The molecule has 0 aliphatic rings. The monoisotopic (exact) mass is 293 g/mol. The van der Waals surface area contributed by atoms with Crippen molar-refractivity contribution in [1.82, 2.24) is 14.8 Å². The summed E-state index contributed by atoms with van der Waals surface area (Å²) in [6.45, 7) is -0.514. The van der Waals surface area contributed by atoms with Crippen LogP contribution in [0.3, 0.4) is 0 Å². The van der Waals surface area contributed by atoms with E-state index in [2.05, 4.69) is 14.9 Å². The number of rotatable bonds is 4. The summed E-state index contributed by atoms with van der Waals surface area (Å²) in [6.07, 6.45) is -4.82. The highest BCUT2D eigenvalue weighted by Crippen LogP contribution is 2.29.